The van der Waals surface area contributed by atoms with Gasteiger partial charge in [0, 0.05) is 11.3 Å². The minimum atomic E-state index is -0.152. The molecule has 0 aliphatic rings. The van der Waals surface area contributed by atoms with E-state index in [1.165, 1.54) is 11.3 Å². The summed E-state index contributed by atoms with van der Waals surface area (Å²) < 4.78 is 5.17. The number of carbonyl (C=O) groups excluding carboxylic acids is 1. The summed E-state index contributed by atoms with van der Waals surface area (Å²) in [4.78, 5) is 13.6. The maximum absolute atomic E-state index is 12.6. The second-order valence-corrected chi connectivity index (χ2v) is 8.02. The lowest BCUT2D eigenvalue weighted by atomic mass is 10.1. The topological polar surface area (TPSA) is 64.1 Å². The summed E-state index contributed by atoms with van der Waals surface area (Å²) in [7, 11) is 1.65. The van der Waals surface area contributed by atoms with E-state index in [2.05, 4.69) is 22.4 Å². The van der Waals surface area contributed by atoms with Crippen molar-refractivity contribution in [3.8, 4) is 5.75 Å². The quantitative estimate of drug-likeness (QED) is 0.546. The van der Waals surface area contributed by atoms with Gasteiger partial charge in [-0.2, -0.15) is 0 Å². The summed E-state index contributed by atoms with van der Waals surface area (Å²) in [6.07, 6.45) is 1.73. The Balaban J connectivity index is 1.65. The zero-order valence-electron chi connectivity index (χ0n) is 15.3. The van der Waals surface area contributed by atoms with Gasteiger partial charge in [0.1, 0.15) is 10.8 Å². The average Bonchev–Trinajstić information content (AvgIpc) is 3.13. The maximum Gasteiger partial charge on any atom is 0.258 e. The first-order chi connectivity index (χ1) is 13.2. The molecular weight excluding hydrogens is 378 g/mol. The molecule has 0 aliphatic heterocycles. The summed E-state index contributed by atoms with van der Waals surface area (Å²) in [6.45, 7) is 2.13. The second kappa shape index (κ2) is 9.53. The summed E-state index contributed by atoms with van der Waals surface area (Å²) in [5, 5.41) is 12.5. The first-order valence-electron chi connectivity index (χ1n) is 8.68. The minimum Gasteiger partial charge on any atom is -0.497 e. The van der Waals surface area contributed by atoms with Gasteiger partial charge in [0.25, 0.3) is 5.91 Å². The molecule has 3 aromatic rings. The van der Waals surface area contributed by atoms with Crippen molar-refractivity contribution in [2.24, 2.45) is 0 Å². The number of nitrogens with one attached hydrogen (secondary N) is 1. The van der Waals surface area contributed by atoms with Gasteiger partial charge in [-0.1, -0.05) is 42.5 Å². The van der Waals surface area contributed by atoms with Gasteiger partial charge in [0.15, 0.2) is 0 Å². The van der Waals surface area contributed by atoms with Crippen molar-refractivity contribution in [3.05, 3.63) is 64.7 Å². The molecule has 0 saturated heterocycles. The average molecular weight is 400 g/mol. The fourth-order valence-corrected chi connectivity index (χ4v) is 4.13. The Kier molecular flexibility index (Phi) is 6.84. The normalized spacial score (nSPS) is 10.6. The minimum absolute atomic E-state index is 0.152. The van der Waals surface area contributed by atoms with Gasteiger partial charge in [-0.15, -0.1) is 22.0 Å². The van der Waals surface area contributed by atoms with Gasteiger partial charge in [0.05, 0.1) is 12.7 Å². The van der Waals surface area contributed by atoms with Crippen LogP contribution in [0.4, 0.5) is 5.13 Å². The molecule has 0 atom stereocenters. The fraction of sp³-hybridized carbons (Fsp3) is 0.250. The number of ether oxygens (including phenoxy) is 1. The summed E-state index contributed by atoms with van der Waals surface area (Å²) in [5.74, 6) is 1.65. The first kappa shape index (κ1) is 19.4. The van der Waals surface area contributed by atoms with Crippen LogP contribution >= 0.6 is 23.1 Å². The SMILES string of the molecule is CCCSc1ccccc1C(=O)Nc1nnc(Cc2ccc(OC)cc2)s1. The Morgan fingerprint density at radius 2 is 1.93 bits per heavy atom. The van der Waals surface area contributed by atoms with E-state index in [-0.39, 0.29) is 5.91 Å². The van der Waals surface area contributed by atoms with Crippen molar-refractivity contribution < 1.29 is 9.53 Å². The predicted molar refractivity (Wildman–Crippen MR) is 111 cm³/mol. The highest BCUT2D eigenvalue weighted by Crippen LogP contribution is 2.25. The van der Waals surface area contributed by atoms with Crippen LogP contribution in [0.15, 0.2) is 53.4 Å². The van der Waals surface area contributed by atoms with Gasteiger partial charge in [0.2, 0.25) is 5.13 Å². The van der Waals surface area contributed by atoms with E-state index < -0.39 is 0 Å². The third-order valence-electron chi connectivity index (χ3n) is 3.80. The summed E-state index contributed by atoms with van der Waals surface area (Å²) >= 11 is 3.08. The van der Waals surface area contributed by atoms with E-state index in [9.17, 15) is 4.79 Å². The summed E-state index contributed by atoms with van der Waals surface area (Å²) in [6, 6.07) is 15.5. The van der Waals surface area contributed by atoms with E-state index in [1.54, 1.807) is 18.9 Å². The number of thioether (sulfide) groups is 1. The molecule has 0 spiro atoms. The van der Waals surface area contributed by atoms with Gasteiger partial charge in [-0.25, -0.2) is 0 Å². The lowest BCUT2D eigenvalue weighted by Crippen LogP contribution is -2.12. The molecule has 27 heavy (non-hydrogen) atoms. The van der Waals surface area contributed by atoms with Gasteiger partial charge < -0.3 is 4.74 Å². The van der Waals surface area contributed by atoms with Crippen LogP contribution in [0.2, 0.25) is 0 Å². The molecule has 0 fully saturated rings. The number of hydrogen-bond donors (Lipinski definition) is 1. The maximum atomic E-state index is 12.6. The van der Waals surface area contributed by atoms with Crippen molar-refractivity contribution >= 4 is 34.1 Å². The fourth-order valence-electron chi connectivity index (χ4n) is 2.45. The first-order valence-corrected chi connectivity index (χ1v) is 10.5. The van der Waals surface area contributed by atoms with Crippen LogP contribution in [0, 0.1) is 0 Å². The molecule has 2 aromatic carbocycles. The highest BCUT2D eigenvalue weighted by molar-refractivity contribution is 7.99. The van der Waals surface area contributed by atoms with E-state index in [1.807, 2.05) is 48.5 Å². The van der Waals surface area contributed by atoms with Crippen LogP contribution < -0.4 is 10.1 Å². The Morgan fingerprint density at radius 1 is 1.15 bits per heavy atom. The standard InChI is InChI=1S/C20H21N3O2S2/c1-3-12-26-17-7-5-4-6-16(17)19(24)21-20-23-22-18(27-20)13-14-8-10-15(25-2)11-9-14/h4-11H,3,12-13H2,1-2H3,(H,21,23,24). The van der Waals surface area contributed by atoms with Crippen LogP contribution in [0.1, 0.15) is 34.3 Å². The number of aromatic nitrogens is 2. The number of rotatable bonds is 8. The number of nitrogens with zero attached hydrogens (tertiary/aromatic N) is 2. The van der Waals surface area contributed by atoms with Gasteiger partial charge in [-0.3, -0.25) is 10.1 Å². The summed E-state index contributed by atoms with van der Waals surface area (Å²) in [5.41, 5.74) is 1.79. The highest BCUT2D eigenvalue weighted by Gasteiger charge is 2.14. The highest BCUT2D eigenvalue weighted by atomic mass is 32.2. The second-order valence-electron chi connectivity index (χ2n) is 5.82. The Morgan fingerprint density at radius 3 is 2.67 bits per heavy atom. The molecule has 0 unspecified atom stereocenters. The monoisotopic (exact) mass is 399 g/mol. The molecule has 1 amide bonds. The molecule has 0 bridgehead atoms. The number of hydrogen-bond acceptors (Lipinski definition) is 6. The molecular formula is C20H21N3O2S2. The predicted octanol–water partition coefficient (Wildman–Crippen LogP) is 4.89. The van der Waals surface area contributed by atoms with Gasteiger partial charge >= 0.3 is 0 Å². The van der Waals surface area contributed by atoms with Crippen molar-refractivity contribution in [1.82, 2.24) is 10.2 Å². The van der Waals surface area contributed by atoms with Gasteiger partial charge in [-0.05, 0) is 42.0 Å². The molecule has 0 saturated carbocycles. The number of anilines is 1. The Bertz CT molecular complexity index is 894. The Hall–Kier alpha value is -2.38. The third kappa shape index (κ3) is 5.30. The molecule has 5 nitrogen and oxygen atoms in total. The van der Waals surface area contributed by atoms with E-state index >= 15 is 0 Å². The van der Waals surface area contributed by atoms with Crippen LogP contribution in [0.25, 0.3) is 0 Å². The van der Waals surface area contributed by atoms with Crippen LogP contribution in [0.5, 0.6) is 5.75 Å². The molecule has 1 aromatic heterocycles. The van der Waals surface area contributed by atoms with Crippen molar-refractivity contribution in [2.45, 2.75) is 24.7 Å². The third-order valence-corrected chi connectivity index (χ3v) is 5.91. The molecule has 140 valence electrons. The zero-order chi connectivity index (χ0) is 19.1. The van der Waals surface area contributed by atoms with Crippen LogP contribution in [-0.4, -0.2) is 29.0 Å². The number of methoxy groups -OCH3 is 1. The largest absolute Gasteiger partial charge is 0.497 e. The molecule has 3 rings (SSSR count). The molecule has 1 N–H and O–H groups in total. The lowest BCUT2D eigenvalue weighted by Gasteiger charge is -2.07. The smallest absolute Gasteiger partial charge is 0.258 e. The van der Waals surface area contributed by atoms with Crippen LogP contribution in [0.3, 0.4) is 0 Å². The van der Waals surface area contributed by atoms with Crippen molar-refractivity contribution in [3.63, 3.8) is 0 Å². The van der Waals surface area contributed by atoms with Crippen molar-refractivity contribution in [2.75, 3.05) is 18.2 Å². The molecule has 7 heteroatoms. The number of benzene rings is 2. The molecule has 1 heterocycles. The molecule has 0 radical (unpaired) electrons. The van der Waals surface area contributed by atoms with E-state index in [0.29, 0.717) is 17.1 Å². The number of amides is 1. The molecule has 0 aliphatic carbocycles. The van der Waals surface area contributed by atoms with Crippen molar-refractivity contribution in [1.29, 1.82) is 0 Å². The number of carbonyl (C=O) groups is 1. The van der Waals surface area contributed by atoms with E-state index in [4.69, 9.17) is 4.74 Å². The van der Waals surface area contributed by atoms with Crippen LogP contribution in [-0.2, 0) is 6.42 Å². The zero-order valence-corrected chi connectivity index (χ0v) is 16.9. The van der Waals surface area contributed by atoms with E-state index in [0.717, 1.165) is 33.4 Å². The lowest BCUT2D eigenvalue weighted by molar-refractivity contribution is 0.102. The Labute approximate surface area is 167 Å².